The lowest BCUT2D eigenvalue weighted by molar-refractivity contribution is 0.168. The van der Waals surface area contributed by atoms with Gasteiger partial charge in [-0.1, -0.05) is 26.8 Å². The maximum Gasteiger partial charge on any atom is 0.317 e. The lowest BCUT2D eigenvalue weighted by atomic mass is 9.84. The summed E-state index contributed by atoms with van der Waals surface area (Å²) in [5.41, 5.74) is 0.906. The molecule has 0 saturated carbocycles. The number of piperidine rings is 1. The summed E-state index contributed by atoms with van der Waals surface area (Å²) >= 11 is 0. The normalized spacial score (nSPS) is 18.2. The lowest BCUT2D eigenvalue weighted by Crippen LogP contribution is -2.48. The summed E-state index contributed by atoms with van der Waals surface area (Å²) in [4.78, 5) is 14.3. The Labute approximate surface area is 145 Å². The van der Waals surface area contributed by atoms with Crippen LogP contribution in [0.4, 0.5) is 4.79 Å². The molecule has 2 rings (SSSR count). The van der Waals surface area contributed by atoms with Crippen molar-refractivity contribution in [3.63, 3.8) is 0 Å². The SMILES string of the molecule is COc1ccc(C(C)(C)CNC(=O)N2CCCC(C)C2)cc1OC. The Morgan fingerprint density at radius 1 is 1.29 bits per heavy atom. The van der Waals surface area contributed by atoms with Crippen LogP contribution in [0.25, 0.3) is 0 Å². The van der Waals surface area contributed by atoms with Gasteiger partial charge in [0, 0.05) is 25.0 Å². The smallest absolute Gasteiger partial charge is 0.317 e. The van der Waals surface area contributed by atoms with E-state index in [9.17, 15) is 4.79 Å². The van der Waals surface area contributed by atoms with Crippen molar-refractivity contribution in [1.82, 2.24) is 10.2 Å². The first-order valence-corrected chi connectivity index (χ1v) is 8.62. The number of methoxy groups -OCH3 is 2. The summed E-state index contributed by atoms with van der Waals surface area (Å²) in [6.45, 7) is 8.72. The molecule has 1 aliphatic heterocycles. The average molecular weight is 334 g/mol. The predicted octanol–water partition coefficient (Wildman–Crippen LogP) is 3.42. The standard InChI is InChI=1S/C19H30N2O3/c1-14-7-6-10-21(12-14)18(22)20-13-19(2,3)15-8-9-16(23-4)17(11-15)24-5/h8-9,11,14H,6-7,10,12-13H2,1-5H3,(H,20,22). The van der Waals surface area contributed by atoms with Gasteiger partial charge in [-0.15, -0.1) is 0 Å². The van der Waals surface area contributed by atoms with Gasteiger partial charge in [-0.2, -0.15) is 0 Å². The Morgan fingerprint density at radius 2 is 2.00 bits per heavy atom. The zero-order valence-corrected chi connectivity index (χ0v) is 15.5. The quantitative estimate of drug-likeness (QED) is 0.897. The number of nitrogens with one attached hydrogen (secondary N) is 1. The van der Waals surface area contributed by atoms with Crippen LogP contribution in [0, 0.1) is 5.92 Å². The van der Waals surface area contributed by atoms with Crippen molar-refractivity contribution in [2.24, 2.45) is 5.92 Å². The molecule has 1 aromatic rings. The summed E-state index contributed by atoms with van der Waals surface area (Å²) < 4.78 is 10.7. The minimum absolute atomic E-state index is 0.0371. The summed E-state index contributed by atoms with van der Waals surface area (Å²) in [5, 5.41) is 3.09. The van der Waals surface area contributed by atoms with Gasteiger partial charge in [-0.05, 0) is 36.5 Å². The molecule has 0 radical (unpaired) electrons. The monoisotopic (exact) mass is 334 g/mol. The molecule has 0 aliphatic carbocycles. The number of benzene rings is 1. The Morgan fingerprint density at radius 3 is 2.62 bits per heavy atom. The van der Waals surface area contributed by atoms with Crippen molar-refractivity contribution in [2.45, 2.75) is 39.0 Å². The van der Waals surface area contributed by atoms with Crippen molar-refractivity contribution in [1.29, 1.82) is 0 Å². The van der Waals surface area contributed by atoms with Crippen LogP contribution in [0.2, 0.25) is 0 Å². The van der Waals surface area contributed by atoms with Crippen molar-refractivity contribution in [3.8, 4) is 11.5 Å². The summed E-state index contributed by atoms with van der Waals surface area (Å²) in [6.07, 6.45) is 2.30. The van der Waals surface area contributed by atoms with Gasteiger partial charge in [0.05, 0.1) is 14.2 Å². The van der Waals surface area contributed by atoms with E-state index in [1.807, 2.05) is 23.1 Å². The topological polar surface area (TPSA) is 50.8 Å². The molecular formula is C19H30N2O3. The molecule has 1 aromatic carbocycles. The maximum absolute atomic E-state index is 12.4. The van der Waals surface area contributed by atoms with Gasteiger partial charge in [0.2, 0.25) is 0 Å². The van der Waals surface area contributed by atoms with Crippen LogP contribution in [-0.4, -0.2) is 44.8 Å². The number of urea groups is 1. The highest BCUT2D eigenvalue weighted by atomic mass is 16.5. The fraction of sp³-hybridized carbons (Fsp3) is 0.632. The largest absolute Gasteiger partial charge is 0.493 e. The number of carbonyl (C=O) groups is 1. The van der Waals surface area contributed by atoms with E-state index in [1.54, 1.807) is 14.2 Å². The van der Waals surface area contributed by atoms with Crippen molar-refractivity contribution in [3.05, 3.63) is 23.8 Å². The molecule has 1 atom stereocenters. The predicted molar refractivity (Wildman–Crippen MR) is 95.9 cm³/mol. The van der Waals surface area contributed by atoms with Crippen LogP contribution in [0.5, 0.6) is 11.5 Å². The van der Waals surface area contributed by atoms with Gasteiger partial charge in [-0.3, -0.25) is 0 Å². The number of hydrogen-bond donors (Lipinski definition) is 1. The Balaban J connectivity index is 2.01. The first-order chi connectivity index (χ1) is 11.4. The van der Waals surface area contributed by atoms with E-state index in [-0.39, 0.29) is 11.4 Å². The molecule has 134 valence electrons. The number of likely N-dealkylation sites (tertiary alicyclic amines) is 1. The van der Waals surface area contributed by atoms with E-state index >= 15 is 0 Å². The molecule has 1 aliphatic rings. The third-order valence-electron chi connectivity index (χ3n) is 4.79. The second-order valence-corrected chi connectivity index (χ2v) is 7.31. The minimum atomic E-state index is -0.198. The molecule has 24 heavy (non-hydrogen) atoms. The first-order valence-electron chi connectivity index (χ1n) is 8.62. The highest BCUT2D eigenvalue weighted by molar-refractivity contribution is 5.74. The summed E-state index contributed by atoms with van der Waals surface area (Å²) in [6, 6.07) is 5.95. The fourth-order valence-electron chi connectivity index (χ4n) is 3.14. The minimum Gasteiger partial charge on any atom is -0.493 e. The number of hydrogen-bond acceptors (Lipinski definition) is 3. The summed E-state index contributed by atoms with van der Waals surface area (Å²) in [7, 11) is 3.26. The number of rotatable bonds is 5. The van der Waals surface area contributed by atoms with E-state index in [1.165, 1.54) is 6.42 Å². The van der Waals surface area contributed by atoms with Gasteiger partial charge in [-0.25, -0.2) is 4.79 Å². The Hall–Kier alpha value is -1.91. The van der Waals surface area contributed by atoms with Crippen LogP contribution in [0.3, 0.4) is 0 Å². The van der Waals surface area contributed by atoms with E-state index in [2.05, 4.69) is 26.1 Å². The second-order valence-electron chi connectivity index (χ2n) is 7.31. The molecule has 0 aromatic heterocycles. The number of ether oxygens (including phenoxy) is 2. The van der Waals surface area contributed by atoms with E-state index in [4.69, 9.17) is 9.47 Å². The second kappa shape index (κ2) is 7.77. The molecule has 1 N–H and O–H groups in total. The van der Waals surface area contributed by atoms with E-state index in [0.717, 1.165) is 25.1 Å². The van der Waals surface area contributed by atoms with Gasteiger partial charge >= 0.3 is 6.03 Å². The zero-order chi connectivity index (χ0) is 17.7. The molecule has 1 saturated heterocycles. The number of amides is 2. The Kier molecular flexibility index (Phi) is 5.97. The molecule has 0 bridgehead atoms. The molecule has 2 amide bonds. The van der Waals surface area contributed by atoms with Gasteiger partial charge < -0.3 is 19.7 Å². The number of nitrogens with zero attached hydrogens (tertiary/aromatic N) is 1. The number of carbonyl (C=O) groups excluding carboxylic acids is 1. The molecule has 1 unspecified atom stereocenters. The Bertz CT molecular complexity index is 572. The van der Waals surface area contributed by atoms with Crippen molar-refractivity contribution >= 4 is 6.03 Å². The van der Waals surface area contributed by atoms with Crippen LogP contribution >= 0.6 is 0 Å². The maximum atomic E-state index is 12.4. The molecule has 0 spiro atoms. The highest BCUT2D eigenvalue weighted by Crippen LogP contribution is 2.33. The first kappa shape index (κ1) is 18.4. The third kappa shape index (κ3) is 4.34. The molecule has 1 fully saturated rings. The van der Waals surface area contributed by atoms with Gasteiger partial charge in [0.25, 0.3) is 0 Å². The third-order valence-corrected chi connectivity index (χ3v) is 4.79. The lowest BCUT2D eigenvalue weighted by Gasteiger charge is -2.33. The highest BCUT2D eigenvalue weighted by Gasteiger charge is 2.26. The van der Waals surface area contributed by atoms with Crippen LogP contribution < -0.4 is 14.8 Å². The van der Waals surface area contributed by atoms with Crippen molar-refractivity contribution < 1.29 is 14.3 Å². The molecule has 5 nitrogen and oxygen atoms in total. The molecular weight excluding hydrogens is 304 g/mol. The fourth-order valence-corrected chi connectivity index (χ4v) is 3.14. The van der Waals surface area contributed by atoms with E-state index in [0.29, 0.717) is 24.0 Å². The molecule has 5 heteroatoms. The summed E-state index contributed by atoms with van der Waals surface area (Å²) in [5.74, 6) is 2.01. The van der Waals surface area contributed by atoms with Gasteiger partial charge in [0.1, 0.15) is 0 Å². The molecule has 1 heterocycles. The average Bonchev–Trinajstić information content (AvgIpc) is 2.59. The zero-order valence-electron chi connectivity index (χ0n) is 15.5. The van der Waals surface area contributed by atoms with Crippen LogP contribution in [0.1, 0.15) is 39.2 Å². The van der Waals surface area contributed by atoms with Crippen LogP contribution in [-0.2, 0) is 5.41 Å². The van der Waals surface area contributed by atoms with Crippen molar-refractivity contribution in [2.75, 3.05) is 33.9 Å². The van der Waals surface area contributed by atoms with E-state index < -0.39 is 0 Å². The van der Waals surface area contributed by atoms with Crippen LogP contribution in [0.15, 0.2) is 18.2 Å². The van der Waals surface area contributed by atoms with Gasteiger partial charge in [0.15, 0.2) is 11.5 Å².